The summed E-state index contributed by atoms with van der Waals surface area (Å²) in [6.07, 6.45) is -4.85. The Bertz CT molecular complexity index is 851. The average Bonchev–Trinajstić information content (AvgIpc) is 2.54. The Labute approximate surface area is 142 Å². The molecule has 1 atom stereocenters. The van der Waals surface area contributed by atoms with Gasteiger partial charge in [0.2, 0.25) is 10.0 Å². The van der Waals surface area contributed by atoms with Crippen LogP contribution in [0, 0.1) is 0 Å². The highest BCUT2D eigenvalue weighted by atomic mass is 32.2. The fourth-order valence-electron chi connectivity index (χ4n) is 2.12. The minimum Gasteiger partial charge on any atom is -0.480 e. The van der Waals surface area contributed by atoms with E-state index in [4.69, 9.17) is 0 Å². The summed E-state index contributed by atoms with van der Waals surface area (Å²) in [7, 11) is -4.44. The number of alkyl halides is 3. The van der Waals surface area contributed by atoms with Crippen LogP contribution in [0.3, 0.4) is 0 Å². The average molecular weight is 373 g/mol. The molecule has 0 aromatic heterocycles. The lowest BCUT2D eigenvalue weighted by Gasteiger charge is -2.16. The molecule has 0 aliphatic heterocycles. The number of aliphatic carboxylic acids is 1. The highest BCUT2D eigenvalue weighted by Gasteiger charge is 2.32. The zero-order valence-electron chi connectivity index (χ0n) is 12.7. The molecule has 2 aromatic rings. The number of sulfonamides is 1. The Kier molecular flexibility index (Phi) is 5.48. The monoisotopic (exact) mass is 373 g/mol. The van der Waals surface area contributed by atoms with Gasteiger partial charge < -0.3 is 5.11 Å². The normalized spacial score (nSPS) is 13.4. The van der Waals surface area contributed by atoms with Crippen molar-refractivity contribution in [3.05, 3.63) is 65.7 Å². The van der Waals surface area contributed by atoms with Crippen LogP contribution >= 0.6 is 0 Å². The lowest BCUT2D eigenvalue weighted by molar-refractivity contribution is -0.139. The largest absolute Gasteiger partial charge is 0.480 e. The van der Waals surface area contributed by atoms with Crippen LogP contribution in [0.5, 0.6) is 0 Å². The number of rotatable bonds is 6. The minimum absolute atomic E-state index is 0.144. The molecule has 2 rings (SSSR count). The number of halogens is 3. The maximum absolute atomic E-state index is 12.7. The fraction of sp³-hybridized carbons (Fsp3) is 0.188. The highest BCUT2D eigenvalue weighted by Crippen LogP contribution is 2.30. The minimum atomic E-state index is -4.71. The molecule has 0 heterocycles. The van der Waals surface area contributed by atoms with Crippen LogP contribution in [0.25, 0.3) is 0 Å². The molecule has 0 radical (unpaired) electrons. The maximum Gasteiger partial charge on any atom is 0.416 e. The van der Waals surface area contributed by atoms with Crippen LogP contribution in [-0.2, 0) is 27.4 Å². The Morgan fingerprint density at radius 2 is 1.72 bits per heavy atom. The zero-order valence-corrected chi connectivity index (χ0v) is 13.5. The van der Waals surface area contributed by atoms with Crippen LogP contribution in [0.1, 0.15) is 11.1 Å². The van der Waals surface area contributed by atoms with Gasteiger partial charge in [0, 0.05) is 0 Å². The molecule has 0 fully saturated rings. The summed E-state index contributed by atoms with van der Waals surface area (Å²) >= 11 is 0. The number of nitrogens with one attached hydrogen (secondary N) is 1. The lowest BCUT2D eigenvalue weighted by Crippen LogP contribution is -2.42. The molecule has 0 aliphatic carbocycles. The van der Waals surface area contributed by atoms with E-state index in [0.29, 0.717) is 11.6 Å². The van der Waals surface area contributed by atoms with Crippen LogP contribution in [0.15, 0.2) is 59.5 Å². The molecule has 1 unspecified atom stereocenters. The van der Waals surface area contributed by atoms with Crippen molar-refractivity contribution in [2.75, 3.05) is 0 Å². The first-order valence-electron chi connectivity index (χ1n) is 7.06. The van der Waals surface area contributed by atoms with Crippen molar-refractivity contribution in [3.63, 3.8) is 0 Å². The predicted octanol–water partition coefficient (Wildman–Crippen LogP) is 2.68. The lowest BCUT2D eigenvalue weighted by atomic mass is 10.1. The molecular formula is C16H14F3NO4S. The molecule has 0 bridgehead atoms. The number of carboxylic acid groups (broad SMARTS) is 1. The van der Waals surface area contributed by atoms with E-state index < -0.39 is 38.7 Å². The Balaban J connectivity index is 2.27. The molecule has 0 saturated carbocycles. The molecule has 9 heteroatoms. The van der Waals surface area contributed by atoms with Crippen LogP contribution in [0.2, 0.25) is 0 Å². The van der Waals surface area contributed by atoms with Crippen LogP contribution < -0.4 is 4.72 Å². The van der Waals surface area contributed by atoms with Crippen LogP contribution in [0.4, 0.5) is 13.2 Å². The van der Waals surface area contributed by atoms with Gasteiger partial charge in [-0.15, -0.1) is 0 Å². The number of hydrogen-bond acceptors (Lipinski definition) is 3. The van der Waals surface area contributed by atoms with Gasteiger partial charge in [-0.1, -0.05) is 36.4 Å². The third kappa shape index (κ3) is 5.04. The van der Waals surface area contributed by atoms with Gasteiger partial charge in [-0.2, -0.15) is 17.9 Å². The Morgan fingerprint density at radius 3 is 2.28 bits per heavy atom. The van der Waals surface area contributed by atoms with Crippen molar-refractivity contribution in [1.82, 2.24) is 4.72 Å². The fourth-order valence-corrected chi connectivity index (χ4v) is 3.36. The quantitative estimate of drug-likeness (QED) is 0.816. The first-order valence-corrected chi connectivity index (χ1v) is 8.54. The van der Waals surface area contributed by atoms with E-state index in [0.717, 1.165) is 18.2 Å². The second kappa shape index (κ2) is 7.24. The smallest absolute Gasteiger partial charge is 0.416 e. The molecular weight excluding hydrogens is 359 g/mol. The summed E-state index contributed by atoms with van der Waals surface area (Å²) in [4.78, 5) is 10.7. The van der Waals surface area contributed by atoms with Gasteiger partial charge >= 0.3 is 12.1 Å². The molecule has 0 spiro atoms. The topological polar surface area (TPSA) is 83.5 Å². The van der Waals surface area contributed by atoms with Crippen molar-refractivity contribution < 1.29 is 31.5 Å². The predicted molar refractivity (Wildman–Crippen MR) is 83.3 cm³/mol. The standard InChI is InChI=1S/C16H14F3NO4S/c17-16(18,19)12-7-4-8-13(10-12)25(23,24)20-14(15(21)22)9-11-5-2-1-3-6-11/h1-8,10,14,20H,9H2,(H,21,22). The van der Waals surface area contributed by atoms with Crippen molar-refractivity contribution >= 4 is 16.0 Å². The molecule has 0 aliphatic rings. The van der Waals surface area contributed by atoms with E-state index in [-0.39, 0.29) is 6.42 Å². The zero-order chi connectivity index (χ0) is 18.7. The van der Waals surface area contributed by atoms with E-state index >= 15 is 0 Å². The molecule has 134 valence electrons. The summed E-state index contributed by atoms with van der Waals surface area (Å²) in [5.41, 5.74) is -0.563. The van der Waals surface area contributed by atoms with E-state index in [1.807, 2.05) is 4.72 Å². The molecule has 2 N–H and O–H groups in total. The number of benzene rings is 2. The Hall–Kier alpha value is -2.39. The van der Waals surface area contributed by atoms with E-state index in [1.165, 1.54) is 0 Å². The van der Waals surface area contributed by atoms with Gasteiger partial charge in [-0.3, -0.25) is 4.79 Å². The maximum atomic E-state index is 12.7. The van der Waals surface area contributed by atoms with E-state index in [9.17, 15) is 31.5 Å². The van der Waals surface area contributed by atoms with Crippen molar-refractivity contribution in [2.45, 2.75) is 23.5 Å². The molecule has 0 saturated heterocycles. The number of carbonyl (C=O) groups is 1. The molecule has 5 nitrogen and oxygen atoms in total. The first kappa shape index (κ1) is 18.9. The Morgan fingerprint density at radius 1 is 1.08 bits per heavy atom. The van der Waals surface area contributed by atoms with Crippen LogP contribution in [-0.4, -0.2) is 25.5 Å². The summed E-state index contributed by atoms with van der Waals surface area (Å²) < 4.78 is 64.7. The van der Waals surface area contributed by atoms with Gasteiger partial charge in [-0.05, 0) is 30.2 Å². The summed E-state index contributed by atoms with van der Waals surface area (Å²) in [5.74, 6) is -1.43. The van der Waals surface area contributed by atoms with Crippen molar-refractivity contribution in [1.29, 1.82) is 0 Å². The van der Waals surface area contributed by atoms with Gasteiger partial charge in [-0.25, -0.2) is 8.42 Å². The number of hydrogen-bond donors (Lipinski definition) is 2. The second-order valence-corrected chi connectivity index (χ2v) is 6.94. The SMILES string of the molecule is O=C(O)C(Cc1ccccc1)NS(=O)(=O)c1cccc(C(F)(F)F)c1. The summed E-state index contributed by atoms with van der Waals surface area (Å²) in [5, 5.41) is 9.22. The summed E-state index contributed by atoms with van der Waals surface area (Å²) in [6, 6.07) is 9.88. The first-order chi connectivity index (χ1) is 11.6. The molecule has 2 aromatic carbocycles. The van der Waals surface area contributed by atoms with Gasteiger partial charge in [0.05, 0.1) is 10.5 Å². The second-order valence-electron chi connectivity index (χ2n) is 5.23. The van der Waals surface area contributed by atoms with Crippen molar-refractivity contribution in [3.8, 4) is 0 Å². The number of carboxylic acids is 1. The molecule has 25 heavy (non-hydrogen) atoms. The third-order valence-electron chi connectivity index (χ3n) is 3.35. The van der Waals surface area contributed by atoms with E-state index in [2.05, 4.69) is 0 Å². The molecule has 0 amide bonds. The van der Waals surface area contributed by atoms with Gasteiger partial charge in [0.1, 0.15) is 6.04 Å². The van der Waals surface area contributed by atoms with Gasteiger partial charge in [0.15, 0.2) is 0 Å². The third-order valence-corrected chi connectivity index (χ3v) is 4.82. The summed E-state index contributed by atoms with van der Waals surface area (Å²) in [6.45, 7) is 0. The van der Waals surface area contributed by atoms with Crippen molar-refractivity contribution in [2.24, 2.45) is 0 Å². The van der Waals surface area contributed by atoms with E-state index in [1.54, 1.807) is 30.3 Å². The van der Waals surface area contributed by atoms with Gasteiger partial charge in [0.25, 0.3) is 0 Å². The highest BCUT2D eigenvalue weighted by molar-refractivity contribution is 7.89.